The van der Waals surface area contributed by atoms with Crippen molar-refractivity contribution in [3.8, 4) is 5.75 Å². The number of rotatable bonds is 11. The normalized spacial score (nSPS) is 19.0. The van der Waals surface area contributed by atoms with Crippen LogP contribution >= 0.6 is 0 Å². The molecule has 2 saturated heterocycles. The van der Waals surface area contributed by atoms with Crippen molar-refractivity contribution in [2.24, 2.45) is 0 Å². The largest absolute Gasteiger partial charge is 0.481 e. The van der Waals surface area contributed by atoms with Crippen LogP contribution in [0.5, 0.6) is 5.75 Å². The van der Waals surface area contributed by atoms with Gasteiger partial charge >= 0.3 is 12.1 Å². The van der Waals surface area contributed by atoms with Gasteiger partial charge in [-0.3, -0.25) is 24.0 Å². The van der Waals surface area contributed by atoms with Crippen LogP contribution in [0, 0.1) is 6.92 Å². The summed E-state index contributed by atoms with van der Waals surface area (Å²) in [5.74, 6) is -3.04. The quantitative estimate of drug-likeness (QED) is 0.317. The Morgan fingerprint density at radius 3 is 2.29 bits per heavy atom. The molecule has 3 fully saturated rings. The van der Waals surface area contributed by atoms with Gasteiger partial charge < -0.3 is 39.9 Å². The molecular formula is C33H42N6O9. The number of likely N-dealkylation sites (tertiary alicyclic amines) is 1. The molecule has 2 aliphatic heterocycles. The Hall–Kier alpha value is -4.95. The summed E-state index contributed by atoms with van der Waals surface area (Å²) in [5.41, 5.74) is 1.11. The SMILES string of the molecule is CCOC(=O)N1CCN(C(=O)C(CC(=O)O)NC(=O)c2cc(O[C@H](C)C(=O)N3CCC3C(=O)NC3CCC3)c3ccc(C)cc3n2)CC1. The average Bonchev–Trinajstić information content (AvgIpc) is 3.01. The van der Waals surface area contributed by atoms with Gasteiger partial charge in [-0.1, -0.05) is 6.07 Å². The monoisotopic (exact) mass is 666 g/mol. The number of benzene rings is 1. The fraction of sp³-hybridized carbons (Fsp3) is 0.545. The van der Waals surface area contributed by atoms with Gasteiger partial charge in [0.1, 0.15) is 23.5 Å². The van der Waals surface area contributed by atoms with Crippen LogP contribution in [0.25, 0.3) is 10.9 Å². The number of ether oxygens (including phenoxy) is 2. The van der Waals surface area contributed by atoms with Gasteiger partial charge in [-0.25, -0.2) is 9.78 Å². The van der Waals surface area contributed by atoms with E-state index in [0.717, 1.165) is 24.8 Å². The number of piperazine rings is 1. The first kappa shape index (κ1) is 34.4. The number of aliphatic carboxylic acids is 1. The summed E-state index contributed by atoms with van der Waals surface area (Å²) in [4.78, 5) is 85.7. The first-order valence-corrected chi connectivity index (χ1v) is 16.4. The zero-order chi connectivity index (χ0) is 34.5. The lowest BCUT2D eigenvalue weighted by Gasteiger charge is -2.42. The number of carboxylic acid groups (broad SMARTS) is 1. The zero-order valence-corrected chi connectivity index (χ0v) is 27.4. The minimum Gasteiger partial charge on any atom is -0.481 e. The highest BCUT2D eigenvalue weighted by Gasteiger charge is 2.41. The van der Waals surface area contributed by atoms with Crippen molar-refractivity contribution in [3.63, 3.8) is 0 Å². The van der Waals surface area contributed by atoms with Crippen LogP contribution < -0.4 is 15.4 Å². The number of hydrogen-bond donors (Lipinski definition) is 3. The summed E-state index contributed by atoms with van der Waals surface area (Å²) in [7, 11) is 0. The van der Waals surface area contributed by atoms with Crippen LogP contribution in [-0.2, 0) is 23.9 Å². The number of pyridine rings is 1. The van der Waals surface area contributed by atoms with Gasteiger partial charge in [0.25, 0.3) is 11.8 Å². The summed E-state index contributed by atoms with van der Waals surface area (Å²) in [6, 6.07) is 4.89. The molecule has 5 amide bonds. The van der Waals surface area contributed by atoms with E-state index in [0.29, 0.717) is 23.9 Å². The van der Waals surface area contributed by atoms with Gasteiger partial charge in [0.05, 0.1) is 18.5 Å². The highest BCUT2D eigenvalue weighted by atomic mass is 16.6. The smallest absolute Gasteiger partial charge is 0.409 e. The number of amides is 5. The number of carboxylic acids is 1. The molecule has 258 valence electrons. The molecule has 1 aromatic heterocycles. The van der Waals surface area contributed by atoms with Crippen molar-refractivity contribution in [1.82, 2.24) is 30.3 Å². The molecule has 1 aliphatic carbocycles. The molecule has 48 heavy (non-hydrogen) atoms. The maximum Gasteiger partial charge on any atom is 0.409 e. The summed E-state index contributed by atoms with van der Waals surface area (Å²) in [5, 5.41) is 15.6. The van der Waals surface area contributed by atoms with E-state index in [2.05, 4.69) is 15.6 Å². The second-order valence-corrected chi connectivity index (χ2v) is 12.4. The molecule has 3 aliphatic rings. The van der Waals surface area contributed by atoms with Crippen LogP contribution in [0.1, 0.15) is 62.0 Å². The van der Waals surface area contributed by atoms with Crippen molar-refractivity contribution in [2.45, 2.75) is 77.1 Å². The van der Waals surface area contributed by atoms with Crippen LogP contribution in [0.2, 0.25) is 0 Å². The lowest BCUT2D eigenvalue weighted by Crippen LogP contribution is -2.62. The molecule has 3 atom stereocenters. The summed E-state index contributed by atoms with van der Waals surface area (Å²) in [6.07, 6.45) is 1.36. The fourth-order valence-corrected chi connectivity index (χ4v) is 5.92. The third kappa shape index (κ3) is 7.77. The number of aromatic nitrogens is 1. The Labute approximate surface area is 277 Å². The van der Waals surface area contributed by atoms with Crippen LogP contribution in [0.4, 0.5) is 4.79 Å². The molecule has 1 aromatic carbocycles. The van der Waals surface area contributed by atoms with Crippen molar-refractivity contribution in [2.75, 3.05) is 39.3 Å². The highest BCUT2D eigenvalue weighted by molar-refractivity contribution is 6.00. The van der Waals surface area contributed by atoms with Gasteiger partial charge in [0.15, 0.2) is 6.10 Å². The van der Waals surface area contributed by atoms with Crippen molar-refractivity contribution >= 4 is 46.6 Å². The van der Waals surface area contributed by atoms with Gasteiger partial charge in [-0.05, 0) is 64.2 Å². The predicted octanol–water partition coefficient (Wildman–Crippen LogP) is 1.45. The Balaban J connectivity index is 1.30. The minimum absolute atomic E-state index is 0.139. The van der Waals surface area contributed by atoms with E-state index in [-0.39, 0.29) is 62.1 Å². The summed E-state index contributed by atoms with van der Waals surface area (Å²) < 4.78 is 11.1. The van der Waals surface area contributed by atoms with Crippen LogP contribution in [-0.4, -0.2) is 124 Å². The van der Waals surface area contributed by atoms with Gasteiger partial charge in [0, 0.05) is 50.2 Å². The second kappa shape index (κ2) is 14.9. The van der Waals surface area contributed by atoms with Crippen LogP contribution in [0.15, 0.2) is 24.3 Å². The molecule has 0 spiro atoms. The van der Waals surface area contributed by atoms with E-state index in [1.165, 1.54) is 20.8 Å². The third-order valence-electron chi connectivity index (χ3n) is 8.97. The molecule has 1 saturated carbocycles. The number of hydrogen-bond acceptors (Lipinski definition) is 9. The van der Waals surface area contributed by atoms with Gasteiger partial charge in [0.2, 0.25) is 11.8 Å². The number of nitrogens with one attached hydrogen (secondary N) is 2. The Bertz CT molecular complexity index is 1590. The lowest BCUT2D eigenvalue weighted by molar-refractivity contribution is -0.152. The maximum absolute atomic E-state index is 13.6. The summed E-state index contributed by atoms with van der Waals surface area (Å²) in [6.45, 7) is 6.44. The van der Waals surface area contributed by atoms with E-state index < -0.39 is 48.5 Å². The van der Waals surface area contributed by atoms with Crippen molar-refractivity contribution in [3.05, 3.63) is 35.5 Å². The molecule has 0 radical (unpaired) electrons. The zero-order valence-electron chi connectivity index (χ0n) is 27.4. The standard InChI is InChI=1S/C33H42N6O9/c1-4-47-33(46)38-14-12-37(13-15-38)32(45)25(18-28(40)41)36-29(42)24-17-27(22-9-8-19(2)16-23(22)35-24)48-20(3)31(44)39-11-10-26(39)30(43)34-21-6-5-7-21/h8-9,16-17,20-21,25-26H,4-7,10-15,18H2,1-3H3,(H,34,43)(H,36,42)(H,40,41)/t20-,25?,26?/m1/s1. The molecule has 15 nitrogen and oxygen atoms in total. The molecule has 2 unspecified atom stereocenters. The number of carbonyl (C=O) groups excluding carboxylic acids is 5. The number of aryl methyl sites for hydroxylation is 1. The number of nitrogens with zero attached hydrogens (tertiary/aromatic N) is 4. The molecule has 5 rings (SSSR count). The van der Waals surface area contributed by atoms with Crippen molar-refractivity contribution in [1.29, 1.82) is 0 Å². The van der Waals surface area contributed by atoms with E-state index in [1.807, 2.05) is 13.0 Å². The minimum atomic E-state index is -1.40. The lowest BCUT2D eigenvalue weighted by atomic mass is 9.92. The molecule has 0 bridgehead atoms. The fourth-order valence-electron chi connectivity index (χ4n) is 5.92. The highest BCUT2D eigenvalue weighted by Crippen LogP contribution is 2.29. The molecule has 3 N–H and O–H groups in total. The Kier molecular flexibility index (Phi) is 10.6. The molecule has 15 heteroatoms. The molecular weight excluding hydrogens is 624 g/mol. The maximum atomic E-state index is 13.6. The van der Waals surface area contributed by atoms with Crippen LogP contribution in [0.3, 0.4) is 0 Å². The summed E-state index contributed by atoms with van der Waals surface area (Å²) >= 11 is 0. The van der Waals surface area contributed by atoms with E-state index >= 15 is 0 Å². The molecule has 2 aromatic rings. The average molecular weight is 667 g/mol. The third-order valence-corrected chi connectivity index (χ3v) is 8.97. The Morgan fingerprint density at radius 1 is 0.979 bits per heavy atom. The van der Waals surface area contributed by atoms with E-state index in [4.69, 9.17) is 9.47 Å². The second-order valence-electron chi connectivity index (χ2n) is 12.4. The van der Waals surface area contributed by atoms with Crippen molar-refractivity contribution < 1.29 is 43.3 Å². The first-order chi connectivity index (χ1) is 22.9. The van der Waals surface area contributed by atoms with E-state index in [1.54, 1.807) is 26.0 Å². The number of carbonyl (C=O) groups is 6. The van der Waals surface area contributed by atoms with Gasteiger partial charge in [-0.15, -0.1) is 0 Å². The predicted molar refractivity (Wildman–Crippen MR) is 171 cm³/mol. The molecule has 3 heterocycles. The van der Waals surface area contributed by atoms with Gasteiger partial charge in [-0.2, -0.15) is 0 Å². The number of fused-ring (bicyclic) bond motifs is 1. The Morgan fingerprint density at radius 2 is 1.69 bits per heavy atom. The topological polar surface area (TPSA) is 188 Å². The first-order valence-electron chi connectivity index (χ1n) is 16.4. The van der Waals surface area contributed by atoms with E-state index in [9.17, 15) is 33.9 Å².